The van der Waals surface area contributed by atoms with Crippen molar-refractivity contribution in [3.05, 3.63) is 58.1 Å². The zero-order valence-electron chi connectivity index (χ0n) is 8.95. The maximum Gasteiger partial charge on any atom is 0.152 e. The van der Waals surface area contributed by atoms with Gasteiger partial charge in [-0.3, -0.25) is 0 Å². The van der Waals surface area contributed by atoms with Crippen molar-refractivity contribution in [1.29, 1.82) is 0 Å². The zero-order chi connectivity index (χ0) is 12.3. The minimum absolute atomic E-state index is 0.0724. The summed E-state index contributed by atoms with van der Waals surface area (Å²) >= 11 is 11.7. The molecule has 0 aliphatic carbocycles. The molecule has 2 nitrogen and oxygen atoms in total. The van der Waals surface area contributed by atoms with E-state index < -0.39 is 0 Å². The number of aromatic hydroxyl groups is 1. The van der Waals surface area contributed by atoms with E-state index >= 15 is 0 Å². The molecule has 0 unspecified atom stereocenters. The molecule has 0 saturated carbocycles. The molecule has 0 amide bonds. The Bertz CT molecular complexity index is 491. The van der Waals surface area contributed by atoms with Gasteiger partial charge in [0, 0.05) is 12.2 Å². The van der Waals surface area contributed by atoms with E-state index in [0.29, 0.717) is 6.54 Å². The number of anilines is 1. The van der Waals surface area contributed by atoms with E-state index in [0.717, 1.165) is 11.3 Å². The van der Waals surface area contributed by atoms with Gasteiger partial charge in [0.1, 0.15) is 0 Å². The first-order valence-corrected chi connectivity index (χ1v) is 5.88. The number of para-hydroxylation sites is 1. The van der Waals surface area contributed by atoms with Gasteiger partial charge in [-0.05, 0) is 29.8 Å². The highest BCUT2D eigenvalue weighted by Gasteiger charge is 2.06. The molecular formula is C13H11Cl2NO. The molecular weight excluding hydrogens is 257 g/mol. The third-order valence-electron chi connectivity index (χ3n) is 2.35. The van der Waals surface area contributed by atoms with Crippen molar-refractivity contribution in [2.75, 3.05) is 5.32 Å². The normalized spacial score (nSPS) is 10.2. The second-order valence-electron chi connectivity index (χ2n) is 3.63. The topological polar surface area (TPSA) is 32.3 Å². The van der Waals surface area contributed by atoms with Gasteiger partial charge in [-0.2, -0.15) is 0 Å². The molecule has 0 spiro atoms. The first-order chi connectivity index (χ1) is 8.16. The molecule has 0 saturated heterocycles. The van der Waals surface area contributed by atoms with Crippen LogP contribution in [0.3, 0.4) is 0 Å². The Morgan fingerprint density at radius 2 is 1.59 bits per heavy atom. The fourth-order valence-corrected chi connectivity index (χ4v) is 2.01. The highest BCUT2D eigenvalue weighted by Crippen LogP contribution is 2.32. The van der Waals surface area contributed by atoms with Gasteiger partial charge in [-0.25, -0.2) is 0 Å². The largest absolute Gasteiger partial charge is 0.505 e. The van der Waals surface area contributed by atoms with Crippen LogP contribution in [0.15, 0.2) is 42.5 Å². The standard InChI is InChI=1S/C13H11Cl2NO/c14-11-6-9(7-12(15)13(11)17)8-16-10-4-2-1-3-5-10/h1-7,16-17H,8H2. The van der Waals surface area contributed by atoms with Crippen molar-refractivity contribution in [1.82, 2.24) is 0 Å². The molecule has 0 bridgehead atoms. The smallest absolute Gasteiger partial charge is 0.152 e. The molecule has 4 heteroatoms. The zero-order valence-corrected chi connectivity index (χ0v) is 10.5. The number of phenols is 1. The minimum atomic E-state index is -0.0724. The Hall–Kier alpha value is -1.38. The molecule has 0 aliphatic heterocycles. The molecule has 0 radical (unpaired) electrons. The molecule has 0 fully saturated rings. The quantitative estimate of drug-likeness (QED) is 0.869. The van der Waals surface area contributed by atoms with E-state index in [1.54, 1.807) is 12.1 Å². The van der Waals surface area contributed by atoms with Gasteiger partial charge in [0.25, 0.3) is 0 Å². The average molecular weight is 268 g/mol. The number of hydrogen-bond acceptors (Lipinski definition) is 2. The van der Waals surface area contributed by atoms with Crippen molar-refractivity contribution >= 4 is 28.9 Å². The van der Waals surface area contributed by atoms with Crippen LogP contribution in [-0.4, -0.2) is 5.11 Å². The number of hydrogen-bond donors (Lipinski definition) is 2. The molecule has 0 aliphatic rings. The van der Waals surface area contributed by atoms with Gasteiger partial charge in [0.15, 0.2) is 5.75 Å². The van der Waals surface area contributed by atoms with Crippen molar-refractivity contribution < 1.29 is 5.11 Å². The third kappa shape index (κ3) is 3.05. The fourth-order valence-electron chi connectivity index (χ4n) is 1.48. The SMILES string of the molecule is Oc1c(Cl)cc(CNc2ccccc2)cc1Cl. The van der Waals surface area contributed by atoms with E-state index in [4.69, 9.17) is 23.2 Å². The van der Waals surface area contributed by atoms with Crippen molar-refractivity contribution in [3.63, 3.8) is 0 Å². The summed E-state index contributed by atoms with van der Waals surface area (Å²) in [4.78, 5) is 0. The Balaban J connectivity index is 2.10. The van der Waals surface area contributed by atoms with Crippen LogP contribution in [-0.2, 0) is 6.54 Å². The Morgan fingerprint density at radius 1 is 1.00 bits per heavy atom. The van der Waals surface area contributed by atoms with Gasteiger partial charge in [-0.1, -0.05) is 41.4 Å². The number of rotatable bonds is 3. The molecule has 2 N–H and O–H groups in total. The molecule has 17 heavy (non-hydrogen) atoms. The number of nitrogens with one attached hydrogen (secondary N) is 1. The maximum absolute atomic E-state index is 9.43. The third-order valence-corrected chi connectivity index (χ3v) is 2.92. The lowest BCUT2D eigenvalue weighted by Crippen LogP contribution is -1.99. The van der Waals surface area contributed by atoms with Crippen LogP contribution in [0.25, 0.3) is 0 Å². The summed E-state index contributed by atoms with van der Waals surface area (Å²) in [7, 11) is 0. The first kappa shape index (κ1) is 12.1. The lowest BCUT2D eigenvalue weighted by atomic mass is 10.2. The van der Waals surface area contributed by atoms with E-state index in [1.165, 1.54) is 0 Å². The molecule has 2 rings (SSSR count). The second-order valence-corrected chi connectivity index (χ2v) is 4.44. The first-order valence-electron chi connectivity index (χ1n) is 5.12. The van der Waals surface area contributed by atoms with Gasteiger partial charge < -0.3 is 10.4 Å². The van der Waals surface area contributed by atoms with Crippen molar-refractivity contribution in [3.8, 4) is 5.75 Å². The minimum Gasteiger partial charge on any atom is -0.505 e. The predicted molar refractivity (Wildman–Crippen MR) is 71.9 cm³/mol. The average Bonchev–Trinajstić information content (AvgIpc) is 2.34. The summed E-state index contributed by atoms with van der Waals surface area (Å²) in [5, 5.41) is 13.2. The molecule has 2 aromatic carbocycles. The number of phenolic OH excluding ortho intramolecular Hbond substituents is 1. The van der Waals surface area contributed by atoms with E-state index in [1.807, 2.05) is 30.3 Å². The van der Waals surface area contributed by atoms with E-state index in [-0.39, 0.29) is 15.8 Å². The molecule has 2 aromatic rings. The van der Waals surface area contributed by atoms with Crippen LogP contribution in [0.5, 0.6) is 5.75 Å². The summed E-state index contributed by atoms with van der Waals surface area (Å²) < 4.78 is 0. The highest BCUT2D eigenvalue weighted by atomic mass is 35.5. The van der Waals surface area contributed by atoms with E-state index in [9.17, 15) is 5.11 Å². The van der Waals surface area contributed by atoms with Gasteiger partial charge in [0.05, 0.1) is 10.0 Å². The molecule has 0 atom stereocenters. The lowest BCUT2D eigenvalue weighted by Gasteiger charge is -2.08. The van der Waals surface area contributed by atoms with Gasteiger partial charge in [-0.15, -0.1) is 0 Å². The second kappa shape index (κ2) is 5.30. The summed E-state index contributed by atoms with van der Waals surface area (Å²) in [5.74, 6) is -0.0724. The monoisotopic (exact) mass is 267 g/mol. The van der Waals surface area contributed by atoms with Crippen LogP contribution in [0.2, 0.25) is 10.0 Å². The number of benzene rings is 2. The summed E-state index contributed by atoms with van der Waals surface area (Å²) in [5.41, 5.74) is 1.94. The highest BCUT2D eigenvalue weighted by molar-refractivity contribution is 6.37. The maximum atomic E-state index is 9.43. The summed E-state index contributed by atoms with van der Waals surface area (Å²) in [6, 6.07) is 13.2. The summed E-state index contributed by atoms with van der Waals surface area (Å²) in [6.07, 6.45) is 0. The lowest BCUT2D eigenvalue weighted by molar-refractivity contribution is 0.475. The van der Waals surface area contributed by atoms with Crippen LogP contribution in [0, 0.1) is 0 Å². The van der Waals surface area contributed by atoms with Gasteiger partial charge in [0.2, 0.25) is 0 Å². The Morgan fingerprint density at radius 3 is 2.18 bits per heavy atom. The summed E-state index contributed by atoms with van der Waals surface area (Å²) in [6.45, 7) is 0.601. The Labute approximate surface area is 110 Å². The van der Waals surface area contributed by atoms with Crippen molar-refractivity contribution in [2.45, 2.75) is 6.54 Å². The molecule has 88 valence electrons. The van der Waals surface area contributed by atoms with Crippen LogP contribution < -0.4 is 5.32 Å². The van der Waals surface area contributed by atoms with Crippen LogP contribution >= 0.6 is 23.2 Å². The molecule has 0 heterocycles. The van der Waals surface area contributed by atoms with Gasteiger partial charge >= 0.3 is 0 Å². The molecule has 0 aromatic heterocycles. The Kier molecular flexibility index (Phi) is 3.77. The van der Waals surface area contributed by atoms with Crippen LogP contribution in [0.1, 0.15) is 5.56 Å². The van der Waals surface area contributed by atoms with Crippen molar-refractivity contribution in [2.24, 2.45) is 0 Å². The predicted octanol–water partition coefficient (Wildman–Crippen LogP) is 4.31. The fraction of sp³-hybridized carbons (Fsp3) is 0.0769. The van der Waals surface area contributed by atoms with E-state index in [2.05, 4.69) is 5.32 Å². The van der Waals surface area contributed by atoms with Crippen LogP contribution in [0.4, 0.5) is 5.69 Å². The number of halogens is 2.